The van der Waals surface area contributed by atoms with E-state index in [1.165, 1.54) is 0 Å². The second-order valence-corrected chi connectivity index (χ2v) is 4.59. The Bertz CT molecular complexity index is 147. The maximum Gasteiger partial charge on any atom is 0.0910 e. The molecule has 4 unspecified atom stereocenters. The molecule has 0 spiro atoms. The Labute approximate surface area is 77.7 Å². The molecule has 2 heteroatoms. The number of hydrogen-bond donors (Lipinski definition) is 1. The lowest BCUT2D eigenvalue weighted by atomic mass is 9.66. The molecule has 0 aromatic carbocycles. The van der Waals surface area contributed by atoms with Crippen molar-refractivity contribution in [2.45, 2.75) is 33.6 Å². The van der Waals surface area contributed by atoms with Gasteiger partial charge in [-0.3, -0.25) is 0 Å². The van der Waals surface area contributed by atoms with Crippen LogP contribution in [0.5, 0.6) is 0 Å². The second-order valence-electron chi connectivity index (χ2n) is 4.59. The smallest absolute Gasteiger partial charge is 0.0910 e. The lowest BCUT2D eigenvalue weighted by Gasteiger charge is -2.42. The number of piperidine rings is 1. The summed E-state index contributed by atoms with van der Waals surface area (Å²) in [4.78, 5) is 0. The van der Waals surface area contributed by atoms with Crippen LogP contribution in [0, 0.1) is 23.7 Å². The first kappa shape index (κ1) is 10.1. The molecular weight excluding hydrogens is 145 g/mol. The first-order valence-electron chi connectivity index (χ1n) is 5.03. The fourth-order valence-electron chi connectivity index (χ4n) is 2.67. The van der Waals surface area contributed by atoms with E-state index in [2.05, 4.69) is 33.0 Å². The summed E-state index contributed by atoms with van der Waals surface area (Å²) in [6, 6.07) is 0. The van der Waals surface area contributed by atoms with Gasteiger partial charge in [0.2, 0.25) is 0 Å². The molecular formula is C10H20BN. The van der Waals surface area contributed by atoms with Crippen LogP contribution in [0.25, 0.3) is 0 Å². The van der Waals surface area contributed by atoms with Gasteiger partial charge in [0.15, 0.2) is 0 Å². The van der Waals surface area contributed by atoms with Gasteiger partial charge >= 0.3 is 0 Å². The molecule has 68 valence electrons. The molecule has 1 heterocycles. The van der Waals surface area contributed by atoms with Crippen LogP contribution in [0.1, 0.15) is 27.7 Å². The van der Waals surface area contributed by atoms with Crippen LogP contribution in [0.2, 0.25) is 0 Å². The minimum Gasteiger partial charge on any atom is -0.322 e. The predicted molar refractivity (Wildman–Crippen MR) is 54.2 cm³/mol. The van der Waals surface area contributed by atoms with E-state index in [0.717, 1.165) is 24.3 Å². The normalized spacial score (nSPS) is 43.4. The van der Waals surface area contributed by atoms with Gasteiger partial charge in [-0.15, -0.1) is 0 Å². The molecule has 1 aliphatic heterocycles. The topological polar surface area (TPSA) is 12.0 Å². The van der Waals surface area contributed by atoms with Gasteiger partial charge in [-0.2, -0.15) is 0 Å². The van der Waals surface area contributed by atoms with Crippen molar-refractivity contribution in [2.24, 2.45) is 23.7 Å². The molecule has 1 N–H and O–H groups in total. The molecule has 2 radical (unpaired) electrons. The van der Waals surface area contributed by atoms with Gasteiger partial charge in [0.1, 0.15) is 0 Å². The highest BCUT2D eigenvalue weighted by Crippen LogP contribution is 2.32. The molecule has 0 aromatic heterocycles. The summed E-state index contributed by atoms with van der Waals surface area (Å²) in [6.07, 6.45) is 0. The minimum atomic E-state index is 0.202. The molecule has 0 aliphatic carbocycles. The van der Waals surface area contributed by atoms with Crippen LogP contribution in [0.4, 0.5) is 0 Å². The molecule has 0 bridgehead atoms. The Morgan fingerprint density at radius 1 is 1.33 bits per heavy atom. The molecule has 0 saturated carbocycles. The van der Waals surface area contributed by atoms with Crippen molar-refractivity contribution >= 4 is 7.85 Å². The van der Waals surface area contributed by atoms with E-state index in [1.807, 2.05) is 0 Å². The largest absolute Gasteiger partial charge is 0.322 e. The number of hydrogen-bond acceptors (Lipinski definition) is 1. The van der Waals surface area contributed by atoms with Crippen molar-refractivity contribution in [3.8, 4) is 0 Å². The van der Waals surface area contributed by atoms with Crippen molar-refractivity contribution in [3.05, 3.63) is 0 Å². The van der Waals surface area contributed by atoms with E-state index in [1.54, 1.807) is 0 Å². The summed E-state index contributed by atoms with van der Waals surface area (Å²) in [5.41, 5.74) is 0. The van der Waals surface area contributed by atoms with Crippen LogP contribution in [-0.2, 0) is 0 Å². The average molecular weight is 165 g/mol. The average Bonchev–Trinajstić information content (AvgIpc) is 1.97. The van der Waals surface area contributed by atoms with Crippen LogP contribution in [0.15, 0.2) is 0 Å². The molecule has 1 rings (SSSR count). The molecule has 4 atom stereocenters. The second kappa shape index (κ2) is 3.82. The van der Waals surface area contributed by atoms with Crippen molar-refractivity contribution in [2.75, 3.05) is 6.54 Å². The van der Waals surface area contributed by atoms with E-state index in [-0.39, 0.29) is 5.94 Å². The molecule has 0 amide bonds. The zero-order chi connectivity index (χ0) is 9.30. The third-order valence-electron chi connectivity index (χ3n) is 3.28. The van der Waals surface area contributed by atoms with Crippen molar-refractivity contribution in [3.63, 3.8) is 0 Å². The first-order valence-corrected chi connectivity index (χ1v) is 5.03. The van der Waals surface area contributed by atoms with E-state index in [4.69, 9.17) is 7.85 Å². The first-order chi connectivity index (χ1) is 5.54. The van der Waals surface area contributed by atoms with Crippen molar-refractivity contribution < 1.29 is 0 Å². The molecule has 1 nitrogen and oxygen atoms in total. The SMILES string of the molecule is [B]C1NCC(C)C(C(C)C)C1C. The lowest BCUT2D eigenvalue weighted by molar-refractivity contribution is 0.130. The summed E-state index contributed by atoms with van der Waals surface area (Å²) in [5.74, 6) is 3.10. The summed E-state index contributed by atoms with van der Waals surface area (Å²) in [5, 5.41) is 3.34. The number of rotatable bonds is 1. The quantitative estimate of drug-likeness (QED) is 0.582. The van der Waals surface area contributed by atoms with E-state index in [9.17, 15) is 0 Å². The third-order valence-corrected chi connectivity index (χ3v) is 3.28. The van der Waals surface area contributed by atoms with Gasteiger partial charge in [0, 0.05) is 0 Å². The third kappa shape index (κ3) is 1.85. The van der Waals surface area contributed by atoms with Gasteiger partial charge < -0.3 is 5.32 Å². The van der Waals surface area contributed by atoms with Crippen LogP contribution in [0.3, 0.4) is 0 Å². The fourth-order valence-corrected chi connectivity index (χ4v) is 2.67. The van der Waals surface area contributed by atoms with Gasteiger partial charge in [-0.25, -0.2) is 0 Å². The summed E-state index contributed by atoms with van der Waals surface area (Å²) >= 11 is 0. The molecule has 1 aliphatic rings. The predicted octanol–water partition coefficient (Wildman–Crippen LogP) is 1.63. The van der Waals surface area contributed by atoms with Gasteiger partial charge in [-0.05, 0) is 36.2 Å². The highest BCUT2D eigenvalue weighted by atomic mass is 14.9. The summed E-state index contributed by atoms with van der Waals surface area (Å²) in [7, 11) is 5.96. The van der Waals surface area contributed by atoms with Crippen LogP contribution >= 0.6 is 0 Å². The number of nitrogens with one attached hydrogen (secondary N) is 1. The Morgan fingerprint density at radius 3 is 2.33 bits per heavy atom. The van der Waals surface area contributed by atoms with E-state index in [0.29, 0.717) is 5.92 Å². The Morgan fingerprint density at radius 2 is 1.92 bits per heavy atom. The maximum absolute atomic E-state index is 5.96. The fraction of sp³-hybridized carbons (Fsp3) is 1.00. The monoisotopic (exact) mass is 165 g/mol. The highest BCUT2D eigenvalue weighted by molar-refractivity contribution is 6.12. The lowest BCUT2D eigenvalue weighted by Crippen LogP contribution is -2.50. The Hall–Kier alpha value is 0.0249. The molecule has 12 heavy (non-hydrogen) atoms. The maximum atomic E-state index is 5.96. The molecule has 0 aromatic rings. The Kier molecular flexibility index (Phi) is 3.22. The van der Waals surface area contributed by atoms with Gasteiger partial charge in [0.05, 0.1) is 7.85 Å². The van der Waals surface area contributed by atoms with E-state index < -0.39 is 0 Å². The Balaban J connectivity index is 2.65. The zero-order valence-electron chi connectivity index (χ0n) is 8.67. The minimum absolute atomic E-state index is 0.202. The van der Waals surface area contributed by atoms with Crippen LogP contribution < -0.4 is 5.32 Å². The van der Waals surface area contributed by atoms with E-state index >= 15 is 0 Å². The van der Waals surface area contributed by atoms with Gasteiger partial charge in [-0.1, -0.05) is 27.7 Å². The van der Waals surface area contributed by atoms with Crippen molar-refractivity contribution in [1.82, 2.24) is 5.32 Å². The van der Waals surface area contributed by atoms with Gasteiger partial charge in [0.25, 0.3) is 0 Å². The standard InChI is InChI=1S/C10H20BN/c1-6(2)9-7(3)5-12-10(11)8(9)4/h6-10,12H,5H2,1-4H3. The summed E-state index contributed by atoms with van der Waals surface area (Å²) in [6.45, 7) is 10.3. The summed E-state index contributed by atoms with van der Waals surface area (Å²) < 4.78 is 0. The van der Waals surface area contributed by atoms with Crippen molar-refractivity contribution in [1.29, 1.82) is 0 Å². The highest BCUT2D eigenvalue weighted by Gasteiger charge is 2.33. The molecule has 1 fully saturated rings. The molecule has 1 saturated heterocycles. The zero-order valence-corrected chi connectivity index (χ0v) is 8.67. The van der Waals surface area contributed by atoms with Crippen LogP contribution in [-0.4, -0.2) is 20.3 Å².